The average Bonchev–Trinajstić information content (AvgIpc) is 3.14. The molecular weight excluding hydrogens is 341 g/mol. The molecule has 2 amide bonds. The van der Waals surface area contributed by atoms with Gasteiger partial charge in [0, 0.05) is 12.6 Å². The lowest BCUT2D eigenvalue weighted by molar-refractivity contribution is -0.119. The van der Waals surface area contributed by atoms with Gasteiger partial charge in [-0.05, 0) is 43.2 Å². The molecule has 2 heterocycles. The largest absolute Gasteiger partial charge is 0.453 e. The third kappa shape index (κ3) is 4.08. The van der Waals surface area contributed by atoms with E-state index >= 15 is 0 Å². The highest BCUT2D eigenvalue weighted by atomic mass is 19.1. The Balaban J connectivity index is 1.61. The number of amides is 2. The fourth-order valence-corrected chi connectivity index (χ4v) is 2.74. The Morgan fingerprint density at radius 1 is 1.23 bits per heavy atom. The second-order valence-electron chi connectivity index (χ2n) is 5.75. The molecule has 1 aromatic carbocycles. The van der Waals surface area contributed by atoms with Crippen LogP contribution in [0.25, 0.3) is 0 Å². The van der Waals surface area contributed by atoms with E-state index in [-0.39, 0.29) is 11.7 Å². The van der Waals surface area contributed by atoms with Crippen LogP contribution >= 0.6 is 0 Å². The molecule has 1 aliphatic rings. The summed E-state index contributed by atoms with van der Waals surface area (Å²) in [5.41, 5.74) is 0.484. The van der Waals surface area contributed by atoms with Gasteiger partial charge in [0.1, 0.15) is 17.6 Å². The summed E-state index contributed by atoms with van der Waals surface area (Å²) < 4.78 is 23.1. The van der Waals surface area contributed by atoms with Gasteiger partial charge in [-0.1, -0.05) is 0 Å². The van der Waals surface area contributed by atoms with Crippen LogP contribution in [0.5, 0.6) is 11.6 Å². The van der Waals surface area contributed by atoms with Crippen LogP contribution in [-0.4, -0.2) is 41.6 Å². The number of aromatic nitrogens is 1. The van der Waals surface area contributed by atoms with E-state index in [9.17, 15) is 14.0 Å². The van der Waals surface area contributed by atoms with E-state index in [0.29, 0.717) is 30.3 Å². The van der Waals surface area contributed by atoms with E-state index in [1.54, 1.807) is 12.1 Å². The Kier molecular flexibility index (Phi) is 5.31. The molecular formula is C18H18FN3O4. The molecule has 3 rings (SSSR count). The predicted molar refractivity (Wildman–Crippen MR) is 91.5 cm³/mol. The van der Waals surface area contributed by atoms with Crippen LogP contribution in [0.4, 0.5) is 14.9 Å². The first-order valence-corrected chi connectivity index (χ1v) is 8.12. The fraction of sp³-hybridized carbons (Fsp3) is 0.278. The number of hydrogen-bond donors (Lipinski definition) is 1. The van der Waals surface area contributed by atoms with E-state index in [4.69, 9.17) is 9.47 Å². The molecule has 26 heavy (non-hydrogen) atoms. The fourth-order valence-electron chi connectivity index (χ4n) is 2.74. The number of methoxy groups -OCH3 is 1. The molecule has 1 saturated heterocycles. The molecule has 1 aliphatic heterocycles. The summed E-state index contributed by atoms with van der Waals surface area (Å²) in [6.07, 6.45) is 2.27. The third-order valence-corrected chi connectivity index (χ3v) is 4.00. The topological polar surface area (TPSA) is 80.8 Å². The zero-order valence-electron chi connectivity index (χ0n) is 14.1. The van der Waals surface area contributed by atoms with E-state index in [2.05, 4.69) is 10.3 Å². The van der Waals surface area contributed by atoms with Crippen molar-refractivity contribution in [1.82, 2.24) is 9.88 Å². The van der Waals surface area contributed by atoms with E-state index < -0.39 is 12.1 Å². The zero-order valence-corrected chi connectivity index (χ0v) is 14.1. The number of ether oxygens (including phenoxy) is 2. The Morgan fingerprint density at radius 2 is 2.00 bits per heavy atom. The molecule has 2 aromatic rings. The second-order valence-corrected chi connectivity index (χ2v) is 5.75. The molecule has 0 saturated carbocycles. The molecule has 0 aliphatic carbocycles. The summed E-state index contributed by atoms with van der Waals surface area (Å²) >= 11 is 0. The zero-order chi connectivity index (χ0) is 18.5. The quantitative estimate of drug-likeness (QED) is 0.907. The van der Waals surface area contributed by atoms with E-state index in [1.165, 1.54) is 42.5 Å². The van der Waals surface area contributed by atoms with Crippen molar-refractivity contribution >= 4 is 17.7 Å². The Labute approximate surface area is 149 Å². The predicted octanol–water partition coefficient (Wildman–Crippen LogP) is 3.18. The summed E-state index contributed by atoms with van der Waals surface area (Å²) in [5.74, 6) is 0.125. The number of pyridine rings is 1. The highest BCUT2D eigenvalue weighted by Crippen LogP contribution is 2.22. The van der Waals surface area contributed by atoms with Gasteiger partial charge in [-0.3, -0.25) is 9.69 Å². The smallest absolute Gasteiger partial charge is 0.410 e. The van der Waals surface area contributed by atoms with Crippen molar-refractivity contribution in [2.24, 2.45) is 0 Å². The second kappa shape index (κ2) is 7.81. The summed E-state index contributed by atoms with van der Waals surface area (Å²) in [7, 11) is 1.29. The summed E-state index contributed by atoms with van der Waals surface area (Å²) in [4.78, 5) is 29.6. The highest BCUT2D eigenvalue weighted by molar-refractivity contribution is 5.96. The van der Waals surface area contributed by atoms with Crippen molar-refractivity contribution in [2.75, 3.05) is 19.0 Å². The SMILES string of the molecule is COC(=O)N1CCCC1C(=O)Nc1ccc(Oc2ccc(F)cc2)nc1. The minimum Gasteiger partial charge on any atom is -0.453 e. The van der Waals surface area contributed by atoms with Crippen LogP contribution < -0.4 is 10.1 Å². The molecule has 1 aromatic heterocycles. The monoisotopic (exact) mass is 359 g/mol. The summed E-state index contributed by atoms with van der Waals surface area (Å²) in [5, 5.41) is 2.74. The number of nitrogens with one attached hydrogen (secondary N) is 1. The van der Waals surface area contributed by atoms with Crippen molar-refractivity contribution < 1.29 is 23.5 Å². The van der Waals surface area contributed by atoms with Crippen LogP contribution in [0.3, 0.4) is 0 Å². The number of carbonyl (C=O) groups is 2. The molecule has 0 radical (unpaired) electrons. The van der Waals surface area contributed by atoms with Gasteiger partial charge < -0.3 is 14.8 Å². The van der Waals surface area contributed by atoms with Crippen LogP contribution in [0.2, 0.25) is 0 Å². The molecule has 7 nitrogen and oxygen atoms in total. The molecule has 1 unspecified atom stereocenters. The van der Waals surface area contributed by atoms with E-state index in [0.717, 1.165) is 6.42 Å². The molecule has 136 valence electrons. The lowest BCUT2D eigenvalue weighted by Gasteiger charge is -2.22. The molecule has 0 bridgehead atoms. The minimum atomic E-state index is -0.558. The summed E-state index contributed by atoms with van der Waals surface area (Å²) in [6.45, 7) is 0.494. The molecule has 1 N–H and O–H groups in total. The van der Waals surface area contributed by atoms with Crippen LogP contribution in [0.1, 0.15) is 12.8 Å². The average molecular weight is 359 g/mol. The van der Waals surface area contributed by atoms with Crippen LogP contribution in [0, 0.1) is 5.82 Å². The van der Waals surface area contributed by atoms with Gasteiger partial charge in [-0.2, -0.15) is 0 Å². The van der Waals surface area contributed by atoms with Crippen LogP contribution in [-0.2, 0) is 9.53 Å². The number of halogens is 1. The first kappa shape index (κ1) is 17.7. The highest BCUT2D eigenvalue weighted by Gasteiger charge is 2.34. The van der Waals surface area contributed by atoms with Crippen molar-refractivity contribution in [3.05, 3.63) is 48.4 Å². The Morgan fingerprint density at radius 3 is 2.65 bits per heavy atom. The van der Waals surface area contributed by atoms with Gasteiger partial charge >= 0.3 is 6.09 Å². The maximum atomic E-state index is 12.9. The lowest BCUT2D eigenvalue weighted by atomic mass is 10.2. The van der Waals surface area contributed by atoms with Gasteiger partial charge in [-0.15, -0.1) is 0 Å². The van der Waals surface area contributed by atoms with Crippen molar-refractivity contribution in [1.29, 1.82) is 0 Å². The molecule has 8 heteroatoms. The van der Waals surface area contributed by atoms with Crippen molar-refractivity contribution in [3.8, 4) is 11.6 Å². The number of carbonyl (C=O) groups excluding carboxylic acids is 2. The number of anilines is 1. The number of rotatable bonds is 4. The first-order valence-electron chi connectivity index (χ1n) is 8.12. The lowest BCUT2D eigenvalue weighted by Crippen LogP contribution is -2.43. The Bertz CT molecular complexity index is 780. The van der Waals surface area contributed by atoms with Crippen molar-refractivity contribution in [2.45, 2.75) is 18.9 Å². The molecule has 0 spiro atoms. The van der Waals surface area contributed by atoms with Gasteiger partial charge in [0.15, 0.2) is 0 Å². The van der Waals surface area contributed by atoms with Gasteiger partial charge in [-0.25, -0.2) is 14.2 Å². The van der Waals surface area contributed by atoms with Crippen molar-refractivity contribution in [3.63, 3.8) is 0 Å². The number of hydrogen-bond acceptors (Lipinski definition) is 5. The third-order valence-electron chi connectivity index (χ3n) is 4.00. The van der Waals surface area contributed by atoms with Gasteiger partial charge in [0.25, 0.3) is 0 Å². The van der Waals surface area contributed by atoms with Crippen LogP contribution in [0.15, 0.2) is 42.6 Å². The van der Waals surface area contributed by atoms with E-state index in [1.807, 2.05) is 0 Å². The first-order chi connectivity index (χ1) is 12.6. The van der Waals surface area contributed by atoms with Gasteiger partial charge in [0.05, 0.1) is 19.0 Å². The molecule has 1 atom stereocenters. The summed E-state index contributed by atoms with van der Waals surface area (Å²) in [6, 6.07) is 8.24. The normalized spacial score (nSPS) is 16.2. The number of likely N-dealkylation sites (tertiary alicyclic amines) is 1. The minimum absolute atomic E-state index is 0.290. The number of benzene rings is 1. The Hall–Kier alpha value is -3.16. The standard InChI is InChI=1S/C18H18FN3O4/c1-25-18(24)22-10-2-3-15(22)17(23)21-13-6-9-16(20-11-13)26-14-7-4-12(19)5-8-14/h4-9,11,15H,2-3,10H2,1H3,(H,21,23). The van der Waals surface area contributed by atoms with Gasteiger partial charge in [0.2, 0.25) is 11.8 Å². The maximum Gasteiger partial charge on any atom is 0.410 e. The molecule has 1 fully saturated rings. The maximum absolute atomic E-state index is 12.9. The number of nitrogens with zero attached hydrogens (tertiary/aromatic N) is 2.